The monoisotopic (exact) mass is 294 g/mol. The molecule has 1 heterocycles. The van der Waals surface area contributed by atoms with Crippen molar-refractivity contribution in [1.82, 2.24) is 10.3 Å². The second kappa shape index (κ2) is 5.93. The van der Waals surface area contributed by atoms with Crippen LogP contribution in [0, 0.1) is 5.82 Å². The Hall–Kier alpha value is -2.75. The van der Waals surface area contributed by atoms with Crippen molar-refractivity contribution in [2.24, 2.45) is 0 Å². The number of hydrogen-bond donors (Lipinski definition) is 1. The maximum Gasteiger partial charge on any atom is 0.251 e. The molecule has 0 aliphatic rings. The van der Waals surface area contributed by atoms with Crippen LogP contribution in [0.25, 0.3) is 22.0 Å². The third kappa shape index (κ3) is 2.81. The number of carbonyl (C=O) groups excluding carboxylic acids is 1. The summed E-state index contributed by atoms with van der Waals surface area (Å²) in [5.41, 5.74) is 2.95. The van der Waals surface area contributed by atoms with Crippen LogP contribution >= 0.6 is 0 Å². The van der Waals surface area contributed by atoms with Crippen molar-refractivity contribution in [3.05, 3.63) is 66.1 Å². The molecule has 3 aromatic rings. The number of fused-ring (bicyclic) bond motifs is 1. The minimum atomic E-state index is -0.274. The number of halogens is 1. The van der Waals surface area contributed by atoms with Gasteiger partial charge in [-0.1, -0.05) is 18.2 Å². The number of amides is 1. The van der Waals surface area contributed by atoms with Crippen LogP contribution in [0.4, 0.5) is 4.39 Å². The minimum absolute atomic E-state index is 0.111. The van der Waals surface area contributed by atoms with Gasteiger partial charge in [0.1, 0.15) is 5.82 Å². The molecule has 2 aromatic carbocycles. The first-order valence-corrected chi connectivity index (χ1v) is 7.11. The van der Waals surface area contributed by atoms with E-state index < -0.39 is 0 Å². The van der Waals surface area contributed by atoms with E-state index in [0.29, 0.717) is 12.1 Å². The lowest BCUT2D eigenvalue weighted by atomic mass is 10.0. The molecule has 4 heteroatoms. The molecule has 0 saturated carbocycles. The molecule has 3 nitrogen and oxygen atoms in total. The SMILES string of the molecule is CCNC(=O)c1ccc2cc(-c3cccc(F)c3)cnc2c1. The summed E-state index contributed by atoms with van der Waals surface area (Å²) in [5.74, 6) is -0.385. The Morgan fingerprint density at radius 2 is 2.00 bits per heavy atom. The summed E-state index contributed by atoms with van der Waals surface area (Å²) < 4.78 is 13.3. The molecule has 0 unspecified atom stereocenters. The number of pyridine rings is 1. The minimum Gasteiger partial charge on any atom is -0.352 e. The van der Waals surface area contributed by atoms with Crippen molar-refractivity contribution in [1.29, 1.82) is 0 Å². The van der Waals surface area contributed by atoms with Crippen LogP contribution in [-0.2, 0) is 0 Å². The summed E-state index contributed by atoms with van der Waals surface area (Å²) in [7, 11) is 0. The standard InChI is InChI=1S/C18H15FN2O/c1-2-20-18(22)14-7-6-13-8-15(11-21-17(13)10-14)12-4-3-5-16(19)9-12/h3-11H,2H2,1H3,(H,20,22). The van der Waals surface area contributed by atoms with Gasteiger partial charge in [-0.2, -0.15) is 0 Å². The second-order valence-electron chi connectivity index (χ2n) is 5.00. The highest BCUT2D eigenvalue weighted by atomic mass is 19.1. The van der Waals surface area contributed by atoms with Crippen LogP contribution in [0.2, 0.25) is 0 Å². The lowest BCUT2D eigenvalue weighted by Gasteiger charge is -2.06. The molecular weight excluding hydrogens is 279 g/mol. The van der Waals surface area contributed by atoms with Crippen molar-refractivity contribution in [3.63, 3.8) is 0 Å². The fourth-order valence-corrected chi connectivity index (χ4v) is 2.35. The zero-order valence-electron chi connectivity index (χ0n) is 12.1. The van der Waals surface area contributed by atoms with Gasteiger partial charge in [0, 0.05) is 29.3 Å². The number of aromatic nitrogens is 1. The molecule has 110 valence electrons. The first kappa shape index (κ1) is 14.2. The predicted molar refractivity (Wildman–Crippen MR) is 85.1 cm³/mol. The number of nitrogens with one attached hydrogen (secondary N) is 1. The molecule has 3 rings (SSSR count). The molecule has 1 amide bonds. The average molecular weight is 294 g/mol. The van der Waals surface area contributed by atoms with Gasteiger partial charge in [-0.05, 0) is 42.8 Å². The van der Waals surface area contributed by atoms with Crippen LogP contribution in [0.15, 0.2) is 54.7 Å². The highest BCUT2D eigenvalue weighted by Gasteiger charge is 2.07. The lowest BCUT2D eigenvalue weighted by molar-refractivity contribution is 0.0956. The molecule has 0 aliphatic carbocycles. The van der Waals surface area contributed by atoms with Crippen LogP contribution in [-0.4, -0.2) is 17.4 Å². The van der Waals surface area contributed by atoms with Gasteiger partial charge in [0.05, 0.1) is 5.52 Å². The van der Waals surface area contributed by atoms with Crippen molar-refractivity contribution in [2.45, 2.75) is 6.92 Å². The largest absolute Gasteiger partial charge is 0.352 e. The van der Waals surface area contributed by atoms with E-state index in [-0.39, 0.29) is 11.7 Å². The van der Waals surface area contributed by atoms with Gasteiger partial charge in [-0.3, -0.25) is 9.78 Å². The fourth-order valence-electron chi connectivity index (χ4n) is 2.35. The molecule has 0 aliphatic heterocycles. The van der Waals surface area contributed by atoms with E-state index >= 15 is 0 Å². The summed E-state index contributed by atoms with van der Waals surface area (Å²) in [5, 5.41) is 3.67. The topological polar surface area (TPSA) is 42.0 Å². The van der Waals surface area contributed by atoms with Crippen LogP contribution in [0.5, 0.6) is 0 Å². The highest BCUT2D eigenvalue weighted by molar-refractivity contribution is 5.98. The molecule has 22 heavy (non-hydrogen) atoms. The van der Waals surface area contributed by atoms with E-state index in [1.54, 1.807) is 24.4 Å². The Kier molecular flexibility index (Phi) is 3.83. The smallest absolute Gasteiger partial charge is 0.251 e. The van der Waals surface area contributed by atoms with Crippen LogP contribution in [0.3, 0.4) is 0 Å². The van der Waals surface area contributed by atoms with E-state index in [1.807, 2.05) is 25.1 Å². The Labute approximate surface area is 127 Å². The summed E-state index contributed by atoms with van der Waals surface area (Å²) in [6, 6.07) is 13.7. The first-order valence-electron chi connectivity index (χ1n) is 7.11. The zero-order valence-corrected chi connectivity index (χ0v) is 12.1. The first-order chi connectivity index (χ1) is 10.7. The summed E-state index contributed by atoms with van der Waals surface area (Å²) in [4.78, 5) is 16.2. The number of benzene rings is 2. The number of carbonyl (C=O) groups is 1. The maximum atomic E-state index is 13.3. The summed E-state index contributed by atoms with van der Waals surface area (Å²) in [6.07, 6.45) is 1.69. The number of rotatable bonds is 3. The zero-order chi connectivity index (χ0) is 15.5. The molecule has 0 spiro atoms. The Bertz CT molecular complexity index is 845. The van der Waals surface area contributed by atoms with Crippen molar-refractivity contribution < 1.29 is 9.18 Å². The van der Waals surface area contributed by atoms with E-state index in [9.17, 15) is 9.18 Å². The van der Waals surface area contributed by atoms with Gasteiger partial charge in [-0.15, -0.1) is 0 Å². The Morgan fingerprint density at radius 1 is 1.14 bits per heavy atom. The molecule has 0 bridgehead atoms. The third-order valence-electron chi connectivity index (χ3n) is 3.44. The molecular formula is C18H15FN2O. The van der Waals surface area contributed by atoms with Gasteiger partial charge in [0.15, 0.2) is 0 Å². The maximum absolute atomic E-state index is 13.3. The van der Waals surface area contributed by atoms with Crippen molar-refractivity contribution >= 4 is 16.8 Å². The van der Waals surface area contributed by atoms with E-state index in [1.165, 1.54) is 12.1 Å². The van der Waals surface area contributed by atoms with Crippen molar-refractivity contribution in [2.75, 3.05) is 6.54 Å². The Balaban J connectivity index is 2.01. The van der Waals surface area contributed by atoms with E-state index in [0.717, 1.165) is 22.0 Å². The third-order valence-corrected chi connectivity index (χ3v) is 3.44. The summed E-state index contributed by atoms with van der Waals surface area (Å²) in [6.45, 7) is 2.46. The molecule has 0 saturated heterocycles. The number of hydrogen-bond acceptors (Lipinski definition) is 2. The fraction of sp³-hybridized carbons (Fsp3) is 0.111. The highest BCUT2D eigenvalue weighted by Crippen LogP contribution is 2.24. The van der Waals surface area contributed by atoms with Crippen LogP contribution < -0.4 is 5.32 Å². The lowest BCUT2D eigenvalue weighted by Crippen LogP contribution is -2.22. The molecule has 0 radical (unpaired) electrons. The molecule has 0 atom stereocenters. The van der Waals surface area contributed by atoms with E-state index in [4.69, 9.17) is 0 Å². The van der Waals surface area contributed by atoms with Gasteiger partial charge >= 0.3 is 0 Å². The second-order valence-corrected chi connectivity index (χ2v) is 5.00. The average Bonchev–Trinajstić information content (AvgIpc) is 2.54. The quantitative estimate of drug-likeness (QED) is 0.798. The van der Waals surface area contributed by atoms with Gasteiger partial charge in [0.2, 0.25) is 0 Å². The van der Waals surface area contributed by atoms with Gasteiger partial charge in [-0.25, -0.2) is 4.39 Å². The normalized spacial score (nSPS) is 10.6. The van der Waals surface area contributed by atoms with Gasteiger partial charge in [0.25, 0.3) is 5.91 Å². The van der Waals surface area contributed by atoms with Gasteiger partial charge < -0.3 is 5.32 Å². The Morgan fingerprint density at radius 3 is 2.77 bits per heavy atom. The molecule has 1 N–H and O–H groups in total. The summed E-state index contributed by atoms with van der Waals surface area (Å²) >= 11 is 0. The number of nitrogens with zero attached hydrogens (tertiary/aromatic N) is 1. The molecule has 1 aromatic heterocycles. The van der Waals surface area contributed by atoms with E-state index in [2.05, 4.69) is 10.3 Å². The van der Waals surface area contributed by atoms with Crippen LogP contribution in [0.1, 0.15) is 17.3 Å². The predicted octanol–water partition coefficient (Wildman–Crippen LogP) is 3.79. The molecule has 0 fully saturated rings. The van der Waals surface area contributed by atoms with Crippen molar-refractivity contribution in [3.8, 4) is 11.1 Å².